The highest BCUT2D eigenvalue weighted by atomic mass is 32.2. The van der Waals surface area contributed by atoms with Gasteiger partial charge in [0.05, 0.1) is 13.2 Å². The first kappa shape index (κ1) is 16.0. The summed E-state index contributed by atoms with van der Waals surface area (Å²) in [4.78, 5) is 2.18. The summed E-state index contributed by atoms with van der Waals surface area (Å²) < 4.78 is 32.0. The average Bonchev–Trinajstić information content (AvgIpc) is 3.20. The Labute approximate surface area is 131 Å². The molecule has 3 rings (SSSR count). The lowest BCUT2D eigenvalue weighted by Crippen LogP contribution is -2.41. The number of aliphatic hydroxyl groups is 1. The van der Waals surface area contributed by atoms with Crippen LogP contribution < -0.4 is 0 Å². The molecule has 0 saturated carbocycles. The van der Waals surface area contributed by atoms with Crippen LogP contribution in [-0.2, 0) is 16.6 Å². The molecule has 6 nitrogen and oxygen atoms in total. The lowest BCUT2D eigenvalue weighted by molar-refractivity contribution is 0.0771. The Morgan fingerprint density at radius 1 is 1.14 bits per heavy atom. The molecular weight excluding hydrogens is 304 g/mol. The summed E-state index contributed by atoms with van der Waals surface area (Å²) in [5.74, 6) is 0.651. The van der Waals surface area contributed by atoms with E-state index in [2.05, 4.69) is 4.90 Å². The molecule has 0 spiro atoms. The van der Waals surface area contributed by atoms with Crippen LogP contribution in [0.2, 0.25) is 0 Å². The minimum atomic E-state index is -3.48. The monoisotopic (exact) mass is 328 g/mol. The number of likely N-dealkylation sites (tertiary alicyclic amines) is 1. The molecule has 1 aromatic rings. The van der Waals surface area contributed by atoms with Crippen LogP contribution in [0.5, 0.6) is 0 Å². The third-order valence-electron chi connectivity index (χ3n) is 4.61. The summed E-state index contributed by atoms with van der Waals surface area (Å²) in [6.45, 7) is 2.77. The molecule has 1 aromatic heterocycles. The minimum Gasteiger partial charge on any atom is -0.447 e. The van der Waals surface area contributed by atoms with E-state index in [4.69, 9.17) is 4.42 Å². The SMILES string of the molecule is O=S(=O)(c1ccc(CN2CCCC[C@@H]2CO)o1)N1CCCC1. The first-order valence-electron chi connectivity index (χ1n) is 8.05. The summed E-state index contributed by atoms with van der Waals surface area (Å²) in [7, 11) is -3.48. The van der Waals surface area contributed by atoms with E-state index in [0.717, 1.165) is 38.6 Å². The molecule has 0 aliphatic carbocycles. The normalized spacial score (nSPS) is 24.9. The first-order valence-corrected chi connectivity index (χ1v) is 9.49. The predicted octanol–water partition coefficient (Wildman–Crippen LogP) is 1.41. The van der Waals surface area contributed by atoms with Crippen molar-refractivity contribution in [3.05, 3.63) is 17.9 Å². The molecule has 2 aliphatic heterocycles. The molecule has 2 fully saturated rings. The van der Waals surface area contributed by atoms with Gasteiger partial charge in [-0.25, -0.2) is 8.42 Å². The Bertz CT molecular complexity index is 592. The maximum atomic E-state index is 12.4. The van der Waals surface area contributed by atoms with Gasteiger partial charge in [-0.15, -0.1) is 0 Å². The van der Waals surface area contributed by atoms with E-state index in [-0.39, 0.29) is 17.7 Å². The van der Waals surface area contributed by atoms with Gasteiger partial charge < -0.3 is 9.52 Å². The van der Waals surface area contributed by atoms with Gasteiger partial charge in [0.2, 0.25) is 5.09 Å². The van der Waals surface area contributed by atoms with Gasteiger partial charge in [0.15, 0.2) is 0 Å². The highest BCUT2D eigenvalue weighted by molar-refractivity contribution is 7.89. The molecule has 0 unspecified atom stereocenters. The molecule has 0 aromatic carbocycles. The van der Waals surface area contributed by atoms with E-state index in [9.17, 15) is 13.5 Å². The molecule has 124 valence electrons. The number of aliphatic hydroxyl groups excluding tert-OH is 1. The quantitative estimate of drug-likeness (QED) is 0.885. The molecule has 3 heterocycles. The van der Waals surface area contributed by atoms with E-state index in [0.29, 0.717) is 25.4 Å². The van der Waals surface area contributed by atoms with Crippen LogP contribution in [0.1, 0.15) is 37.9 Å². The Morgan fingerprint density at radius 3 is 2.59 bits per heavy atom. The summed E-state index contributed by atoms with van der Waals surface area (Å²) in [5, 5.41) is 9.49. The number of hydrogen-bond acceptors (Lipinski definition) is 5. The van der Waals surface area contributed by atoms with Crippen molar-refractivity contribution in [2.24, 2.45) is 0 Å². The zero-order valence-electron chi connectivity index (χ0n) is 12.8. The Morgan fingerprint density at radius 2 is 1.86 bits per heavy atom. The Kier molecular flexibility index (Phi) is 4.87. The molecule has 0 bridgehead atoms. The van der Waals surface area contributed by atoms with E-state index in [1.54, 1.807) is 12.1 Å². The second kappa shape index (κ2) is 6.70. The largest absolute Gasteiger partial charge is 0.447 e. The maximum Gasteiger partial charge on any atom is 0.276 e. The lowest BCUT2D eigenvalue weighted by atomic mass is 10.0. The van der Waals surface area contributed by atoms with Crippen molar-refractivity contribution in [3.63, 3.8) is 0 Å². The first-order chi connectivity index (χ1) is 10.6. The van der Waals surface area contributed by atoms with Crippen LogP contribution in [0.25, 0.3) is 0 Å². The van der Waals surface area contributed by atoms with Crippen molar-refractivity contribution < 1.29 is 17.9 Å². The van der Waals surface area contributed by atoms with Gasteiger partial charge in [-0.1, -0.05) is 6.42 Å². The van der Waals surface area contributed by atoms with E-state index in [1.165, 1.54) is 4.31 Å². The van der Waals surface area contributed by atoms with Crippen molar-refractivity contribution in [1.82, 2.24) is 9.21 Å². The zero-order chi connectivity index (χ0) is 15.6. The summed E-state index contributed by atoms with van der Waals surface area (Å²) in [5.41, 5.74) is 0. The van der Waals surface area contributed by atoms with Gasteiger partial charge >= 0.3 is 0 Å². The van der Waals surface area contributed by atoms with Crippen molar-refractivity contribution >= 4 is 10.0 Å². The van der Waals surface area contributed by atoms with Gasteiger partial charge in [-0.05, 0) is 44.4 Å². The van der Waals surface area contributed by atoms with Crippen molar-refractivity contribution in [1.29, 1.82) is 0 Å². The van der Waals surface area contributed by atoms with Crippen LogP contribution in [0.4, 0.5) is 0 Å². The maximum absolute atomic E-state index is 12.4. The van der Waals surface area contributed by atoms with Gasteiger partial charge in [0.25, 0.3) is 10.0 Å². The standard InChI is InChI=1S/C15H24N2O4S/c18-12-13-5-1-2-8-16(13)11-14-6-7-15(21-14)22(19,20)17-9-3-4-10-17/h6-7,13,18H,1-5,8-12H2/t13-/m1/s1. The summed E-state index contributed by atoms with van der Waals surface area (Å²) in [6, 6.07) is 3.45. The molecule has 0 amide bonds. The van der Waals surface area contributed by atoms with Crippen molar-refractivity contribution in [2.45, 2.75) is 49.8 Å². The molecule has 0 radical (unpaired) electrons. The molecule has 1 N–H and O–H groups in total. The van der Waals surface area contributed by atoms with Gasteiger partial charge in [0.1, 0.15) is 5.76 Å². The molecule has 2 saturated heterocycles. The van der Waals surface area contributed by atoms with Crippen LogP contribution in [0.3, 0.4) is 0 Å². The Hall–Kier alpha value is -0.890. The van der Waals surface area contributed by atoms with Crippen molar-refractivity contribution in [2.75, 3.05) is 26.2 Å². The Balaban J connectivity index is 1.70. The minimum absolute atomic E-state index is 0.0435. The molecule has 1 atom stereocenters. The van der Waals surface area contributed by atoms with Crippen molar-refractivity contribution in [3.8, 4) is 0 Å². The molecule has 22 heavy (non-hydrogen) atoms. The average molecular weight is 328 g/mol. The number of nitrogens with zero attached hydrogens (tertiary/aromatic N) is 2. The lowest BCUT2D eigenvalue weighted by Gasteiger charge is -2.33. The highest BCUT2D eigenvalue weighted by Crippen LogP contribution is 2.25. The fraction of sp³-hybridized carbons (Fsp3) is 0.733. The third kappa shape index (κ3) is 3.22. The second-order valence-corrected chi connectivity index (χ2v) is 8.00. The zero-order valence-corrected chi connectivity index (χ0v) is 13.6. The fourth-order valence-corrected chi connectivity index (χ4v) is 4.76. The number of piperidine rings is 1. The van der Waals surface area contributed by atoms with Crippen LogP contribution in [0.15, 0.2) is 21.6 Å². The van der Waals surface area contributed by atoms with Crippen LogP contribution in [0, 0.1) is 0 Å². The summed E-state index contributed by atoms with van der Waals surface area (Å²) in [6.07, 6.45) is 5.05. The molecular formula is C15H24N2O4S. The third-order valence-corrected chi connectivity index (χ3v) is 6.39. The molecule has 2 aliphatic rings. The topological polar surface area (TPSA) is 74.0 Å². The van der Waals surface area contributed by atoms with Crippen LogP contribution in [-0.4, -0.2) is 55.0 Å². The number of furan rings is 1. The fourth-order valence-electron chi connectivity index (χ4n) is 3.31. The number of rotatable bonds is 5. The summed E-state index contributed by atoms with van der Waals surface area (Å²) >= 11 is 0. The van der Waals surface area contributed by atoms with E-state index in [1.807, 2.05) is 0 Å². The van der Waals surface area contributed by atoms with Gasteiger partial charge in [-0.2, -0.15) is 4.31 Å². The smallest absolute Gasteiger partial charge is 0.276 e. The number of sulfonamides is 1. The van der Waals surface area contributed by atoms with E-state index >= 15 is 0 Å². The van der Waals surface area contributed by atoms with Gasteiger partial charge in [-0.3, -0.25) is 4.90 Å². The van der Waals surface area contributed by atoms with E-state index < -0.39 is 10.0 Å². The molecule has 7 heteroatoms. The van der Waals surface area contributed by atoms with Gasteiger partial charge in [0, 0.05) is 19.1 Å². The second-order valence-electron chi connectivity index (χ2n) is 6.13. The predicted molar refractivity (Wildman–Crippen MR) is 81.8 cm³/mol. The van der Waals surface area contributed by atoms with Crippen LogP contribution >= 0.6 is 0 Å². The number of hydrogen-bond donors (Lipinski definition) is 1. The highest BCUT2D eigenvalue weighted by Gasteiger charge is 2.30.